The molecule has 0 saturated carbocycles. The van der Waals surface area contributed by atoms with Crippen molar-refractivity contribution in [2.24, 2.45) is 0 Å². The molecule has 2 heteroatoms. The van der Waals surface area contributed by atoms with Crippen LogP contribution in [0.25, 0.3) is 0 Å². The first-order valence-electron chi connectivity index (χ1n) is 5.68. The summed E-state index contributed by atoms with van der Waals surface area (Å²) in [6, 6.07) is 8.39. The maximum absolute atomic E-state index is 8.97. The van der Waals surface area contributed by atoms with Gasteiger partial charge in [-0.25, -0.2) is 0 Å². The van der Waals surface area contributed by atoms with Gasteiger partial charge in [-0.3, -0.25) is 0 Å². The number of nitrogens with zero attached hydrogens (tertiary/aromatic N) is 1. The minimum atomic E-state index is 0.144. The van der Waals surface area contributed by atoms with Gasteiger partial charge < -0.3 is 10.0 Å². The molecular weight excluding hydrogens is 186 g/mol. The maximum Gasteiger partial charge on any atom is 0.0681 e. The fraction of sp³-hybridized carbons (Fsp3) is 0.538. The van der Waals surface area contributed by atoms with Crippen LogP contribution >= 0.6 is 0 Å². The van der Waals surface area contributed by atoms with Crippen LogP contribution in [0.2, 0.25) is 0 Å². The van der Waals surface area contributed by atoms with Crippen LogP contribution in [0.15, 0.2) is 24.3 Å². The molecule has 0 amide bonds. The molecule has 1 aromatic carbocycles. The summed E-state index contributed by atoms with van der Waals surface area (Å²) in [6.45, 7) is 2.54. The normalized spacial score (nSPS) is 22.9. The third kappa shape index (κ3) is 2.58. The summed E-state index contributed by atoms with van der Waals surface area (Å²) in [4.78, 5) is 2.40. The van der Waals surface area contributed by atoms with Crippen LogP contribution in [0, 0.1) is 0 Å². The summed E-state index contributed by atoms with van der Waals surface area (Å²) in [5.74, 6) is 0.677. The van der Waals surface area contributed by atoms with Gasteiger partial charge >= 0.3 is 0 Å². The van der Waals surface area contributed by atoms with Gasteiger partial charge in [-0.1, -0.05) is 24.3 Å². The van der Waals surface area contributed by atoms with Gasteiger partial charge in [0.05, 0.1) is 6.61 Å². The average molecular weight is 205 g/mol. The highest BCUT2D eigenvalue weighted by Crippen LogP contribution is 2.26. The van der Waals surface area contributed by atoms with Gasteiger partial charge in [0.2, 0.25) is 0 Å². The molecule has 1 aliphatic heterocycles. The van der Waals surface area contributed by atoms with Crippen molar-refractivity contribution in [2.75, 3.05) is 20.1 Å². The van der Waals surface area contributed by atoms with Gasteiger partial charge in [0.25, 0.3) is 0 Å². The largest absolute Gasteiger partial charge is 0.392 e. The number of aliphatic hydroxyl groups is 1. The smallest absolute Gasteiger partial charge is 0.0681 e. The molecule has 82 valence electrons. The lowest BCUT2D eigenvalue weighted by Gasteiger charge is -2.30. The van der Waals surface area contributed by atoms with Crippen molar-refractivity contribution in [1.82, 2.24) is 4.90 Å². The molecule has 1 N–H and O–H groups in total. The molecule has 2 rings (SSSR count). The van der Waals surface area contributed by atoms with E-state index >= 15 is 0 Å². The molecule has 0 aliphatic carbocycles. The van der Waals surface area contributed by atoms with Crippen LogP contribution < -0.4 is 0 Å². The molecule has 0 spiro atoms. The number of likely N-dealkylation sites (tertiary alicyclic amines) is 1. The molecule has 1 aromatic rings. The van der Waals surface area contributed by atoms with Gasteiger partial charge in [0.15, 0.2) is 0 Å². The Balaban J connectivity index is 2.07. The first kappa shape index (κ1) is 10.7. The van der Waals surface area contributed by atoms with E-state index in [-0.39, 0.29) is 6.61 Å². The van der Waals surface area contributed by atoms with E-state index in [0.29, 0.717) is 5.92 Å². The molecule has 1 fully saturated rings. The highest BCUT2D eigenvalue weighted by atomic mass is 16.3. The van der Waals surface area contributed by atoms with E-state index in [1.54, 1.807) is 0 Å². The summed E-state index contributed by atoms with van der Waals surface area (Å²) in [5, 5.41) is 8.97. The van der Waals surface area contributed by atoms with Gasteiger partial charge in [-0.2, -0.15) is 0 Å². The van der Waals surface area contributed by atoms with Gasteiger partial charge in [0.1, 0.15) is 0 Å². The van der Waals surface area contributed by atoms with Gasteiger partial charge in [-0.05, 0) is 43.5 Å². The zero-order chi connectivity index (χ0) is 10.7. The Hall–Kier alpha value is -0.860. The molecule has 15 heavy (non-hydrogen) atoms. The van der Waals surface area contributed by atoms with Crippen molar-refractivity contribution in [2.45, 2.75) is 25.4 Å². The fourth-order valence-corrected chi connectivity index (χ4v) is 2.33. The van der Waals surface area contributed by atoms with Crippen molar-refractivity contribution < 1.29 is 5.11 Å². The topological polar surface area (TPSA) is 23.5 Å². The highest BCUT2D eigenvalue weighted by molar-refractivity contribution is 5.25. The Morgan fingerprint density at radius 1 is 1.33 bits per heavy atom. The lowest BCUT2D eigenvalue weighted by atomic mass is 9.90. The molecular formula is C13H19NO. The number of hydrogen-bond acceptors (Lipinski definition) is 2. The van der Waals surface area contributed by atoms with E-state index in [2.05, 4.69) is 24.1 Å². The van der Waals surface area contributed by atoms with Crippen LogP contribution in [-0.2, 0) is 6.61 Å². The Morgan fingerprint density at radius 3 is 2.67 bits per heavy atom. The third-order valence-corrected chi connectivity index (χ3v) is 3.26. The zero-order valence-electron chi connectivity index (χ0n) is 9.32. The molecule has 0 radical (unpaired) electrons. The molecule has 0 bridgehead atoms. The van der Waals surface area contributed by atoms with Crippen LogP contribution in [0.1, 0.15) is 29.9 Å². The van der Waals surface area contributed by atoms with Crippen molar-refractivity contribution in [1.29, 1.82) is 0 Å². The van der Waals surface area contributed by atoms with E-state index in [0.717, 1.165) is 5.56 Å². The lowest BCUT2D eigenvalue weighted by molar-refractivity contribution is 0.250. The number of benzene rings is 1. The second-order valence-electron chi connectivity index (χ2n) is 4.50. The molecule has 1 unspecified atom stereocenters. The van der Waals surface area contributed by atoms with Crippen molar-refractivity contribution in [3.05, 3.63) is 35.4 Å². The van der Waals surface area contributed by atoms with Crippen LogP contribution in [-0.4, -0.2) is 30.1 Å². The number of likely N-dealkylation sites (N-methyl/N-ethyl adjacent to an activating group) is 1. The minimum absolute atomic E-state index is 0.144. The first-order valence-corrected chi connectivity index (χ1v) is 5.68. The Labute approximate surface area is 91.5 Å². The highest BCUT2D eigenvalue weighted by Gasteiger charge is 2.18. The van der Waals surface area contributed by atoms with Crippen molar-refractivity contribution >= 4 is 0 Å². The molecule has 1 aliphatic rings. The summed E-state index contributed by atoms with van der Waals surface area (Å²) in [6.07, 6.45) is 2.59. The third-order valence-electron chi connectivity index (χ3n) is 3.26. The SMILES string of the molecule is CN1CCCC(c2ccc(CO)cc2)C1. The number of rotatable bonds is 2. The number of piperidine rings is 1. The van der Waals surface area contributed by atoms with Gasteiger partial charge in [0, 0.05) is 6.54 Å². The number of aliphatic hydroxyl groups excluding tert-OH is 1. The number of hydrogen-bond donors (Lipinski definition) is 1. The summed E-state index contributed by atoms with van der Waals surface area (Å²) in [5.41, 5.74) is 2.42. The van der Waals surface area contributed by atoms with Gasteiger partial charge in [-0.15, -0.1) is 0 Å². The van der Waals surface area contributed by atoms with E-state index in [9.17, 15) is 0 Å². The Morgan fingerprint density at radius 2 is 2.07 bits per heavy atom. The van der Waals surface area contributed by atoms with Crippen molar-refractivity contribution in [3.8, 4) is 0 Å². The zero-order valence-corrected chi connectivity index (χ0v) is 9.32. The molecule has 1 heterocycles. The second-order valence-corrected chi connectivity index (χ2v) is 4.50. The van der Waals surface area contributed by atoms with E-state index in [4.69, 9.17) is 5.11 Å². The van der Waals surface area contributed by atoms with E-state index < -0.39 is 0 Å². The molecule has 1 atom stereocenters. The van der Waals surface area contributed by atoms with E-state index in [1.165, 1.54) is 31.5 Å². The van der Waals surface area contributed by atoms with Crippen LogP contribution in [0.5, 0.6) is 0 Å². The Bertz CT molecular complexity index is 307. The predicted molar refractivity (Wildman–Crippen MR) is 61.8 cm³/mol. The average Bonchev–Trinajstić information content (AvgIpc) is 2.29. The van der Waals surface area contributed by atoms with E-state index in [1.807, 2.05) is 12.1 Å². The molecule has 0 aromatic heterocycles. The second kappa shape index (κ2) is 4.77. The standard InChI is InChI=1S/C13H19NO/c1-14-8-2-3-13(9-14)12-6-4-11(10-15)5-7-12/h4-7,13,15H,2-3,8-10H2,1H3. The monoisotopic (exact) mass is 205 g/mol. The minimum Gasteiger partial charge on any atom is -0.392 e. The summed E-state index contributed by atoms with van der Waals surface area (Å²) in [7, 11) is 2.19. The lowest BCUT2D eigenvalue weighted by Crippen LogP contribution is -2.30. The molecule has 2 nitrogen and oxygen atoms in total. The fourth-order valence-electron chi connectivity index (χ4n) is 2.33. The first-order chi connectivity index (χ1) is 7.29. The quantitative estimate of drug-likeness (QED) is 0.798. The summed E-state index contributed by atoms with van der Waals surface area (Å²) >= 11 is 0. The Kier molecular flexibility index (Phi) is 3.39. The van der Waals surface area contributed by atoms with Crippen molar-refractivity contribution in [3.63, 3.8) is 0 Å². The van der Waals surface area contributed by atoms with Crippen LogP contribution in [0.3, 0.4) is 0 Å². The summed E-state index contributed by atoms with van der Waals surface area (Å²) < 4.78 is 0. The van der Waals surface area contributed by atoms with Crippen LogP contribution in [0.4, 0.5) is 0 Å². The molecule has 1 saturated heterocycles. The predicted octanol–water partition coefficient (Wildman–Crippen LogP) is 1.99. The maximum atomic E-state index is 8.97.